The SMILES string of the molecule is Cc1ccc(N(C(=O)c2ccc([N+](=O)[O-])cc2)C(=Nc2ccccc2)c2ccccc2)cc1. The van der Waals surface area contributed by atoms with Gasteiger partial charge in [-0.25, -0.2) is 4.99 Å². The Bertz CT molecular complexity index is 1280. The Morgan fingerprint density at radius 3 is 1.91 bits per heavy atom. The largest absolute Gasteiger partial charge is 0.269 e. The molecule has 0 radical (unpaired) electrons. The molecule has 0 unspecified atom stereocenters. The molecule has 1 amide bonds. The number of hydrogen-bond acceptors (Lipinski definition) is 4. The van der Waals surface area contributed by atoms with Crippen LogP contribution in [0.3, 0.4) is 0 Å². The molecule has 162 valence electrons. The van der Waals surface area contributed by atoms with Crippen LogP contribution in [0.5, 0.6) is 0 Å². The summed E-state index contributed by atoms with van der Waals surface area (Å²) < 4.78 is 0. The van der Waals surface area contributed by atoms with E-state index in [-0.39, 0.29) is 11.6 Å². The van der Waals surface area contributed by atoms with Crippen molar-refractivity contribution in [2.24, 2.45) is 4.99 Å². The van der Waals surface area contributed by atoms with E-state index in [0.717, 1.165) is 11.1 Å². The van der Waals surface area contributed by atoms with E-state index in [1.165, 1.54) is 24.3 Å². The van der Waals surface area contributed by atoms with Gasteiger partial charge in [0.25, 0.3) is 11.6 Å². The van der Waals surface area contributed by atoms with Crippen molar-refractivity contribution in [2.45, 2.75) is 6.92 Å². The quantitative estimate of drug-likeness (QED) is 0.159. The summed E-state index contributed by atoms with van der Waals surface area (Å²) in [5.74, 6) is 0.112. The third-order valence-electron chi connectivity index (χ3n) is 5.06. The Balaban J connectivity index is 1.89. The highest BCUT2D eigenvalue weighted by atomic mass is 16.6. The van der Waals surface area contributed by atoms with E-state index in [9.17, 15) is 14.9 Å². The second-order valence-corrected chi connectivity index (χ2v) is 7.42. The molecule has 0 atom stereocenters. The van der Waals surface area contributed by atoms with E-state index in [1.54, 1.807) is 4.90 Å². The van der Waals surface area contributed by atoms with E-state index in [0.29, 0.717) is 22.8 Å². The minimum absolute atomic E-state index is 0.0744. The monoisotopic (exact) mass is 435 g/mol. The normalized spacial score (nSPS) is 11.1. The summed E-state index contributed by atoms with van der Waals surface area (Å²) in [4.78, 5) is 30.7. The molecule has 6 heteroatoms. The molecule has 0 bridgehead atoms. The highest BCUT2D eigenvalue weighted by molar-refractivity contribution is 6.28. The maximum atomic E-state index is 13.8. The number of carbonyl (C=O) groups excluding carboxylic acids is 1. The molecule has 0 spiro atoms. The second-order valence-electron chi connectivity index (χ2n) is 7.42. The fraction of sp³-hybridized carbons (Fsp3) is 0.0370. The van der Waals surface area contributed by atoms with Gasteiger partial charge >= 0.3 is 0 Å². The molecule has 4 rings (SSSR count). The van der Waals surface area contributed by atoms with Gasteiger partial charge in [0, 0.05) is 23.3 Å². The number of aliphatic imine (C=N–C) groups is 1. The van der Waals surface area contributed by atoms with E-state index >= 15 is 0 Å². The van der Waals surface area contributed by atoms with Crippen LogP contribution in [-0.4, -0.2) is 16.7 Å². The first kappa shape index (κ1) is 21.6. The number of benzene rings is 4. The molecule has 0 saturated carbocycles. The number of nitrogens with zero attached hydrogens (tertiary/aromatic N) is 3. The van der Waals surface area contributed by atoms with Crippen molar-refractivity contribution in [3.05, 3.63) is 136 Å². The molecule has 0 saturated heterocycles. The van der Waals surface area contributed by atoms with Crippen molar-refractivity contribution in [2.75, 3.05) is 4.90 Å². The number of carbonyl (C=O) groups is 1. The van der Waals surface area contributed by atoms with Crippen LogP contribution in [0.4, 0.5) is 17.1 Å². The first-order valence-corrected chi connectivity index (χ1v) is 10.4. The Kier molecular flexibility index (Phi) is 6.36. The number of aryl methyl sites for hydroxylation is 1. The second kappa shape index (κ2) is 9.70. The molecule has 0 aliphatic rings. The average Bonchev–Trinajstić information content (AvgIpc) is 2.86. The summed E-state index contributed by atoms with van der Waals surface area (Å²) in [5, 5.41) is 11.1. The minimum Gasteiger partial charge on any atom is -0.268 e. The lowest BCUT2D eigenvalue weighted by atomic mass is 10.1. The van der Waals surface area contributed by atoms with Crippen LogP contribution in [0.1, 0.15) is 21.5 Å². The highest BCUT2D eigenvalue weighted by Crippen LogP contribution is 2.25. The lowest BCUT2D eigenvalue weighted by Crippen LogP contribution is -2.37. The van der Waals surface area contributed by atoms with Crippen molar-refractivity contribution in [1.82, 2.24) is 0 Å². The van der Waals surface area contributed by atoms with Crippen LogP contribution in [-0.2, 0) is 0 Å². The Labute approximate surface area is 191 Å². The first-order chi connectivity index (χ1) is 16.0. The number of non-ortho nitro benzene ring substituents is 1. The summed E-state index contributed by atoms with van der Waals surface area (Å²) in [6.07, 6.45) is 0. The van der Waals surface area contributed by atoms with Crippen molar-refractivity contribution in [3.63, 3.8) is 0 Å². The molecule has 6 nitrogen and oxygen atoms in total. The van der Waals surface area contributed by atoms with Crippen LogP contribution < -0.4 is 4.90 Å². The summed E-state index contributed by atoms with van der Waals surface area (Å²) in [5.41, 5.74) is 3.40. The van der Waals surface area contributed by atoms with Gasteiger partial charge in [-0.15, -0.1) is 0 Å². The molecular weight excluding hydrogens is 414 g/mol. The van der Waals surface area contributed by atoms with Gasteiger partial charge in [0.1, 0.15) is 5.84 Å². The maximum Gasteiger partial charge on any atom is 0.269 e. The molecule has 33 heavy (non-hydrogen) atoms. The van der Waals surface area contributed by atoms with E-state index in [1.807, 2.05) is 91.9 Å². The van der Waals surface area contributed by atoms with Crippen molar-refractivity contribution < 1.29 is 9.72 Å². The third-order valence-corrected chi connectivity index (χ3v) is 5.06. The van der Waals surface area contributed by atoms with Gasteiger partial charge in [-0.05, 0) is 43.3 Å². The van der Waals surface area contributed by atoms with Gasteiger partial charge in [-0.2, -0.15) is 0 Å². The summed E-state index contributed by atoms with van der Waals surface area (Å²) in [7, 11) is 0. The number of amidine groups is 1. The van der Waals surface area contributed by atoms with Crippen LogP contribution in [0.25, 0.3) is 0 Å². The Morgan fingerprint density at radius 2 is 1.33 bits per heavy atom. The lowest BCUT2D eigenvalue weighted by molar-refractivity contribution is -0.384. The van der Waals surface area contributed by atoms with E-state index in [2.05, 4.69) is 0 Å². The van der Waals surface area contributed by atoms with Crippen LogP contribution in [0.15, 0.2) is 114 Å². The predicted octanol–water partition coefficient (Wildman–Crippen LogP) is 6.33. The van der Waals surface area contributed by atoms with Crippen molar-refractivity contribution in [3.8, 4) is 0 Å². The summed E-state index contributed by atoms with van der Waals surface area (Å²) in [6.45, 7) is 1.97. The van der Waals surface area contributed by atoms with Crippen molar-refractivity contribution >= 4 is 28.8 Å². The molecular formula is C27H21N3O3. The van der Waals surface area contributed by atoms with Gasteiger partial charge in [-0.1, -0.05) is 66.2 Å². The molecule has 0 fully saturated rings. The van der Waals surface area contributed by atoms with E-state index < -0.39 is 4.92 Å². The van der Waals surface area contributed by atoms with Gasteiger partial charge in [0.2, 0.25) is 0 Å². The number of nitro benzene ring substituents is 1. The van der Waals surface area contributed by atoms with Crippen molar-refractivity contribution in [1.29, 1.82) is 0 Å². The molecule has 0 aliphatic heterocycles. The highest BCUT2D eigenvalue weighted by Gasteiger charge is 2.25. The van der Waals surface area contributed by atoms with E-state index in [4.69, 9.17) is 4.99 Å². The topological polar surface area (TPSA) is 75.8 Å². The standard InChI is InChI=1S/C27H21N3O3/c1-20-12-16-24(17-13-20)29(27(31)22-14-18-25(19-15-22)30(32)33)26(21-8-4-2-5-9-21)28-23-10-6-3-7-11-23/h2-19H,1H3. The number of para-hydroxylation sites is 1. The molecule has 0 heterocycles. The Hall–Kier alpha value is -4.58. The molecule has 0 aromatic heterocycles. The fourth-order valence-electron chi connectivity index (χ4n) is 3.34. The number of amides is 1. The molecule has 4 aromatic rings. The number of anilines is 1. The zero-order valence-electron chi connectivity index (χ0n) is 18.0. The summed E-state index contributed by atoms with van der Waals surface area (Å²) >= 11 is 0. The zero-order valence-corrected chi connectivity index (χ0v) is 18.0. The van der Waals surface area contributed by atoms with Crippen LogP contribution >= 0.6 is 0 Å². The fourth-order valence-corrected chi connectivity index (χ4v) is 3.34. The van der Waals surface area contributed by atoms with Gasteiger partial charge in [-0.3, -0.25) is 19.8 Å². The maximum absolute atomic E-state index is 13.8. The molecule has 4 aromatic carbocycles. The first-order valence-electron chi connectivity index (χ1n) is 10.4. The number of hydrogen-bond donors (Lipinski definition) is 0. The van der Waals surface area contributed by atoms with Gasteiger partial charge in [0.05, 0.1) is 16.3 Å². The number of rotatable bonds is 5. The minimum atomic E-state index is -0.488. The Morgan fingerprint density at radius 1 is 0.758 bits per heavy atom. The third kappa shape index (κ3) is 5.02. The molecule has 0 N–H and O–H groups in total. The smallest absolute Gasteiger partial charge is 0.268 e. The number of nitro groups is 1. The predicted molar refractivity (Wildman–Crippen MR) is 130 cm³/mol. The van der Waals surface area contributed by atoms with Crippen LogP contribution in [0, 0.1) is 17.0 Å². The lowest BCUT2D eigenvalue weighted by Gasteiger charge is -2.25. The molecule has 0 aliphatic carbocycles. The van der Waals surface area contributed by atoms with Crippen LogP contribution in [0.2, 0.25) is 0 Å². The summed E-state index contributed by atoms with van der Waals surface area (Å²) in [6, 6.07) is 32.0. The van der Waals surface area contributed by atoms with Gasteiger partial charge in [0.15, 0.2) is 0 Å². The zero-order chi connectivity index (χ0) is 23.2. The average molecular weight is 435 g/mol. The van der Waals surface area contributed by atoms with Gasteiger partial charge < -0.3 is 0 Å².